The molecule has 10 heteroatoms. The zero-order chi connectivity index (χ0) is 25.6. The van der Waals surface area contributed by atoms with Crippen LogP contribution < -0.4 is 9.62 Å². The predicted octanol–water partition coefficient (Wildman–Crippen LogP) is 4.40. The van der Waals surface area contributed by atoms with Crippen LogP contribution in [0, 0.1) is 6.92 Å². The number of nitrogens with zero attached hydrogens (tertiary/aromatic N) is 2. The Morgan fingerprint density at radius 1 is 1.03 bits per heavy atom. The molecule has 0 bridgehead atoms. The summed E-state index contributed by atoms with van der Waals surface area (Å²) in [5.74, 6) is -0.824. The van der Waals surface area contributed by atoms with E-state index in [-0.39, 0.29) is 18.5 Å². The Morgan fingerprint density at radius 3 is 2.15 bits per heavy atom. The van der Waals surface area contributed by atoms with E-state index in [0.717, 1.165) is 16.1 Å². The standard InChI is InChI=1S/C24H31Cl2N3O4S/c1-6-22(24(31)27-16(2)3)28(14-18-9-12-20(25)21(26)13-18)23(30)15-29(34(5,32)33)19-10-7-17(4)8-11-19/h7-13,16,22H,6,14-15H2,1-5H3,(H,27,31)/t22-/m0/s1. The van der Waals surface area contributed by atoms with E-state index in [0.29, 0.717) is 27.7 Å². The number of anilines is 1. The van der Waals surface area contributed by atoms with Crippen LogP contribution in [0.5, 0.6) is 0 Å². The molecule has 2 rings (SSSR count). The molecule has 7 nitrogen and oxygen atoms in total. The lowest BCUT2D eigenvalue weighted by atomic mass is 10.1. The van der Waals surface area contributed by atoms with Gasteiger partial charge < -0.3 is 10.2 Å². The molecule has 2 aromatic rings. The van der Waals surface area contributed by atoms with Gasteiger partial charge in [-0.15, -0.1) is 0 Å². The van der Waals surface area contributed by atoms with E-state index in [4.69, 9.17) is 23.2 Å². The maximum atomic E-state index is 13.6. The third-order valence-corrected chi connectivity index (χ3v) is 7.03. The molecule has 1 atom stereocenters. The fourth-order valence-electron chi connectivity index (χ4n) is 3.46. The summed E-state index contributed by atoms with van der Waals surface area (Å²) >= 11 is 12.2. The molecular formula is C24H31Cl2N3O4S. The summed E-state index contributed by atoms with van der Waals surface area (Å²) < 4.78 is 26.2. The highest BCUT2D eigenvalue weighted by Gasteiger charge is 2.32. The predicted molar refractivity (Wildman–Crippen MR) is 138 cm³/mol. The molecule has 0 aliphatic rings. The second-order valence-corrected chi connectivity index (χ2v) is 11.2. The van der Waals surface area contributed by atoms with Crippen molar-refractivity contribution in [3.05, 3.63) is 63.6 Å². The van der Waals surface area contributed by atoms with Crippen molar-refractivity contribution in [2.75, 3.05) is 17.1 Å². The smallest absolute Gasteiger partial charge is 0.244 e. The van der Waals surface area contributed by atoms with Gasteiger partial charge in [0.25, 0.3) is 0 Å². The van der Waals surface area contributed by atoms with Crippen LogP contribution in [0.2, 0.25) is 10.0 Å². The number of halogens is 2. The van der Waals surface area contributed by atoms with Gasteiger partial charge in [-0.05, 0) is 57.0 Å². The number of carbonyl (C=O) groups excluding carboxylic acids is 2. The van der Waals surface area contributed by atoms with E-state index in [1.165, 1.54) is 4.90 Å². The molecule has 186 valence electrons. The van der Waals surface area contributed by atoms with Crippen LogP contribution in [0.3, 0.4) is 0 Å². The molecule has 1 N–H and O–H groups in total. The van der Waals surface area contributed by atoms with Crippen molar-refractivity contribution < 1.29 is 18.0 Å². The zero-order valence-corrected chi connectivity index (χ0v) is 22.3. The molecule has 2 amide bonds. The number of hydrogen-bond donors (Lipinski definition) is 1. The Labute approximate surface area is 212 Å². The van der Waals surface area contributed by atoms with Gasteiger partial charge in [-0.2, -0.15) is 0 Å². The molecule has 0 aliphatic carbocycles. The van der Waals surface area contributed by atoms with Gasteiger partial charge in [0, 0.05) is 12.6 Å². The van der Waals surface area contributed by atoms with Gasteiger partial charge in [0.05, 0.1) is 22.0 Å². The van der Waals surface area contributed by atoms with Crippen molar-refractivity contribution in [1.29, 1.82) is 0 Å². The third kappa shape index (κ3) is 7.61. The molecule has 0 radical (unpaired) electrons. The van der Waals surface area contributed by atoms with Crippen LogP contribution in [0.4, 0.5) is 5.69 Å². The van der Waals surface area contributed by atoms with Crippen LogP contribution in [-0.2, 0) is 26.2 Å². The summed E-state index contributed by atoms with van der Waals surface area (Å²) in [4.78, 5) is 27.9. The molecule has 0 aromatic heterocycles. The van der Waals surface area contributed by atoms with Crippen LogP contribution in [-0.4, -0.2) is 50.0 Å². The minimum Gasteiger partial charge on any atom is -0.352 e. The second kappa shape index (κ2) is 11.9. The summed E-state index contributed by atoms with van der Waals surface area (Å²) in [6.07, 6.45) is 1.39. The normalized spacial score (nSPS) is 12.4. The van der Waals surface area contributed by atoms with Gasteiger partial charge in [-0.25, -0.2) is 8.42 Å². The lowest BCUT2D eigenvalue weighted by Gasteiger charge is -2.33. The van der Waals surface area contributed by atoms with Gasteiger partial charge in [-0.1, -0.05) is 53.9 Å². The lowest BCUT2D eigenvalue weighted by molar-refractivity contribution is -0.140. The molecule has 0 saturated heterocycles. The summed E-state index contributed by atoms with van der Waals surface area (Å²) in [7, 11) is -3.77. The first-order chi connectivity index (χ1) is 15.8. The lowest BCUT2D eigenvalue weighted by Crippen LogP contribution is -2.53. The molecule has 0 heterocycles. The number of sulfonamides is 1. The quantitative estimate of drug-likeness (QED) is 0.495. The average Bonchev–Trinajstić information content (AvgIpc) is 2.73. The van der Waals surface area contributed by atoms with Crippen molar-refractivity contribution >= 4 is 50.7 Å². The molecule has 0 spiro atoms. The first-order valence-corrected chi connectivity index (χ1v) is 13.5. The molecule has 2 aromatic carbocycles. The topological polar surface area (TPSA) is 86.8 Å². The zero-order valence-electron chi connectivity index (χ0n) is 20.0. The summed E-state index contributed by atoms with van der Waals surface area (Å²) in [6.45, 7) is 6.96. The van der Waals surface area contributed by atoms with E-state index in [2.05, 4.69) is 5.32 Å². The fourth-order valence-corrected chi connectivity index (χ4v) is 4.63. The van der Waals surface area contributed by atoms with Gasteiger partial charge in [-0.3, -0.25) is 13.9 Å². The van der Waals surface area contributed by atoms with Gasteiger partial charge in [0.1, 0.15) is 12.6 Å². The third-order valence-electron chi connectivity index (χ3n) is 5.15. The van der Waals surface area contributed by atoms with Gasteiger partial charge in [0.2, 0.25) is 21.8 Å². The number of amides is 2. The molecule has 0 aliphatic heterocycles. The van der Waals surface area contributed by atoms with Crippen LogP contribution in [0.1, 0.15) is 38.3 Å². The average molecular weight is 529 g/mol. The SMILES string of the molecule is CC[C@@H](C(=O)NC(C)C)N(Cc1ccc(Cl)c(Cl)c1)C(=O)CN(c1ccc(C)cc1)S(C)(=O)=O. The molecule has 0 unspecified atom stereocenters. The Bertz CT molecular complexity index is 1120. The number of benzene rings is 2. The largest absolute Gasteiger partial charge is 0.352 e. The highest BCUT2D eigenvalue weighted by atomic mass is 35.5. The van der Waals surface area contributed by atoms with Crippen LogP contribution >= 0.6 is 23.2 Å². The highest BCUT2D eigenvalue weighted by Crippen LogP contribution is 2.25. The van der Waals surface area contributed by atoms with E-state index < -0.39 is 28.5 Å². The summed E-state index contributed by atoms with van der Waals surface area (Å²) in [5, 5.41) is 3.54. The minimum absolute atomic E-state index is 0.0608. The first kappa shape index (κ1) is 28.0. The molecule has 0 saturated carbocycles. The molecule has 34 heavy (non-hydrogen) atoms. The van der Waals surface area contributed by atoms with Crippen LogP contribution in [0.25, 0.3) is 0 Å². The van der Waals surface area contributed by atoms with Gasteiger partial charge >= 0.3 is 0 Å². The van der Waals surface area contributed by atoms with E-state index in [1.807, 2.05) is 20.8 Å². The minimum atomic E-state index is -3.77. The van der Waals surface area contributed by atoms with Crippen molar-refractivity contribution in [3.8, 4) is 0 Å². The van der Waals surface area contributed by atoms with Crippen molar-refractivity contribution in [1.82, 2.24) is 10.2 Å². The Balaban J connectivity index is 2.45. The number of aryl methyl sites for hydroxylation is 1. The Kier molecular flexibility index (Phi) is 9.79. The summed E-state index contributed by atoms with van der Waals surface area (Å²) in [6, 6.07) is 10.9. The fraction of sp³-hybridized carbons (Fsp3) is 0.417. The number of nitrogens with one attached hydrogen (secondary N) is 1. The highest BCUT2D eigenvalue weighted by molar-refractivity contribution is 7.92. The maximum absolute atomic E-state index is 13.6. The first-order valence-electron chi connectivity index (χ1n) is 10.9. The van der Waals surface area contributed by atoms with Crippen molar-refractivity contribution in [3.63, 3.8) is 0 Å². The molecule has 0 fully saturated rings. The monoisotopic (exact) mass is 527 g/mol. The van der Waals surface area contributed by atoms with E-state index in [1.54, 1.807) is 49.4 Å². The Hall–Kier alpha value is -2.29. The Morgan fingerprint density at radius 2 is 1.65 bits per heavy atom. The number of hydrogen-bond acceptors (Lipinski definition) is 4. The molecular weight excluding hydrogens is 497 g/mol. The van der Waals surface area contributed by atoms with E-state index in [9.17, 15) is 18.0 Å². The number of carbonyl (C=O) groups is 2. The van der Waals surface area contributed by atoms with Crippen molar-refractivity contribution in [2.24, 2.45) is 0 Å². The van der Waals surface area contributed by atoms with Crippen molar-refractivity contribution in [2.45, 2.75) is 52.7 Å². The van der Waals surface area contributed by atoms with Crippen LogP contribution in [0.15, 0.2) is 42.5 Å². The van der Waals surface area contributed by atoms with E-state index >= 15 is 0 Å². The van der Waals surface area contributed by atoms with Gasteiger partial charge in [0.15, 0.2) is 0 Å². The maximum Gasteiger partial charge on any atom is 0.244 e. The number of rotatable bonds is 10. The second-order valence-electron chi connectivity index (χ2n) is 8.46. The summed E-state index contributed by atoms with van der Waals surface area (Å²) in [5.41, 5.74) is 2.00.